The Hall–Kier alpha value is -3.56. The lowest BCUT2D eigenvalue weighted by Crippen LogP contribution is -2.13. The lowest BCUT2D eigenvalue weighted by molar-refractivity contribution is 0.440. The van der Waals surface area contributed by atoms with Gasteiger partial charge >= 0.3 is 0 Å². The van der Waals surface area contributed by atoms with E-state index in [1.165, 1.54) is 29.1 Å². The summed E-state index contributed by atoms with van der Waals surface area (Å²) in [5.41, 5.74) is 0.928. The lowest BCUT2D eigenvalue weighted by atomic mass is 10.1. The van der Waals surface area contributed by atoms with Gasteiger partial charge in [0.2, 0.25) is 0 Å². The van der Waals surface area contributed by atoms with Crippen LogP contribution in [0.3, 0.4) is 0 Å². The minimum atomic E-state index is -4.31. The number of anilines is 1. The fraction of sp³-hybridized carbons (Fsp3) is 0. The predicted molar refractivity (Wildman–Crippen MR) is 115 cm³/mol. The van der Waals surface area contributed by atoms with Crippen LogP contribution in [-0.2, 0) is 10.0 Å². The van der Waals surface area contributed by atoms with Gasteiger partial charge in [-0.15, -0.1) is 0 Å². The van der Waals surface area contributed by atoms with Crippen LogP contribution in [0.2, 0.25) is 5.02 Å². The molecule has 0 spiro atoms. The van der Waals surface area contributed by atoms with Crippen molar-refractivity contribution in [1.82, 2.24) is 9.78 Å². The Bertz CT molecular complexity index is 1390. The van der Waals surface area contributed by atoms with E-state index >= 15 is 0 Å². The van der Waals surface area contributed by atoms with Crippen LogP contribution >= 0.6 is 11.6 Å². The van der Waals surface area contributed by atoms with E-state index in [4.69, 9.17) is 11.6 Å². The van der Waals surface area contributed by atoms with Crippen molar-refractivity contribution in [3.05, 3.63) is 83.8 Å². The van der Waals surface area contributed by atoms with Gasteiger partial charge in [0.25, 0.3) is 10.0 Å². The first-order valence-corrected chi connectivity index (χ1v) is 10.8. The summed E-state index contributed by atoms with van der Waals surface area (Å²) in [4.78, 5) is -0.503. The number of aromatic hydroxyl groups is 2. The van der Waals surface area contributed by atoms with Crippen LogP contribution in [0.1, 0.15) is 0 Å². The molecule has 1 heterocycles. The molecule has 0 unspecified atom stereocenters. The Morgan fingerprint density at radius 3 is 2.48 bits per heavy atom. The first-order valence-electron chi connectivity index (χ1n) is 8.90. The minimum Gasteiger partial charge on any atom is -0.507 e. The zero-order valence-electron chi connectivity index (χ0n) is 15.7. The van der Waals surface area contributed by atoms with E-state index in [2.05, 4.69) is 9.82 Å². The molecule has 3 aromatic carbocycles. The van der Waals surface area contributed by atoms with E-state index in [-0.39, 0.29) is 17.0 Å². The Labute approximate surface area is 182 Å². The average Bonchev–Trinajstić information content (AvgIpc) is 3.17. The Balaban J connectivity index is 1.82. The van der Waals surface area contributed by atoms with Gasteiger partial charge in [0.1, 0.15) is 22.2 Å². The fourth-order valence-electron chi connectivity index (χ4n) is 3.06. The standard InChI is InChI=1S/C21H15ClFN3O4S/c22-16-6-1-2-7-18(16)26-17(8-9-24-26)15-11-21(20(28)12-19(15)27)31(29,30)25-14-5-3-4-13(23)10-14/h1-12,25,27-28H. The van der Waals surface area contributed by atoms with Gasteiger partial charge in [-0.1, -0.05) is 29.8 Å². The molecular formula is C21H15ClFN3O4S. The maximum atomic E-state index is 13.4. The van der Waals surface area contributed by atoms with Crippen LogP contribution in [0.25, 0.3) is 16.9 Å². The fourth-order valence-corrected chi connectivity index (χ4v) is 4.43. The number of para-hydroxylation sites is 1. The summed E-state index contributed by atoms with van der Waals surface area (Å²) in [6.07, 6.45) is 1.46. The van der Waals surface area contributed by atoms with Crippen molar-refractivity contribution in [3.63, 3.8) is 0 Å². The van der Waals surface area contributed by atoms with E-state index < -0.39 is 26.5 Å². The first kappa shape index (κ1) is 20.7. The molecule has 0 atom stereocenters. The summed E-state index contributed by atoms with van der Waals surface area (Å²) >= 11 is 6.25. The monoisotopic (exact) mass is 459 g/mol. The van der Waals surface area contributed by atoms with Crippen molar-refractivity contribution in [3.8, 4) is 28.4 Å². The highest BCUT2D eigenvalue weighted by Gasteiger charge is 2.24. The summed E-state index contributed by atoms with van der Waals surface area (Å²) in [7, 11) is -4.31. The molecular weight excluding hydrogens is 445 g/mol. The third-order valence-electron chi connectivity index (χ3n) is 4.44. The molecule has 7 nitrogen and oxygen atoms in total. The number of aromatic nitrogens is 2. The van der Waals surface area contributed by atoms with Gasteiger partial charge in [0.05, 0.1) is 28.3 Å². The molecule has 10 heteroatoms. The topological polar surface area (TPSA) is 104 Å². The number of phenolic OH excluding ortho intramolecular Hbond substituents is 2. The number of nitrogens with one attached hydrogen (secondary N) is 1. The van der Waals surface area contributed by atoms with Crippen molar-refractivity contribution in [2.45, 2.75) is 4.90 Å². The van der Waals surface area contributed by atoms with Crippen molar-refractivity contribution in [2.75, 3.05) is 4.72 Å². The summed E-state index contributed by atoms with van der Waals surface area (Å²) < 4.78 is 42.8. The first-order chi connectivity index (χ1) is 14.8. The molecule has 0 radical (unpaired) electrons. The second-order valence-corrected chi connectivity index (χ2v) is 8.59. The van der Waals surface area contributed by atoms with Crippen LogP contribution in [0.5, 0.6) is 11.5 Å². The molecule has 0 saturated carbocycles. The number of hydrogen-bond donors (Lipinski definition) is 3. The maximum Gasteiger partial charge on any atom is 0.265 e. The lowest BCUT2D eigenvalue weighted by Gasteiger charge is -2.14. The van der Waals surface area contributed by atoms with Crippen LogP contribution in [0.15, 0.2) is 77.8 Å². The molecule has 1 aromatic heterocycles. The molecule has 0 aliphatic carbocycles. The van der Waals surface area contributed by atoms with Gasteiger partial charge in [0, 0.05) is 11.6 Å². The van der Waals surface area contributed by atoms with Gasteiger partial charge in [-0.25, -0.2) is 17.5 Å². The third-order valence-corrected chi connectivity index (χ3v) is 6.17. The number of rotatable bonds is 5. The largest absolute Gasteiger partial charge is 0.507 e. The second kappa shape index (κ2) is 7.93. The molecule has 0 amide bonds. The van der Waals surface area contributed by atoms with Crippen LogP contribution in [0, 0.1) is 5.82 Å². The highest BCUT2D eigenvalue weighted by molar-refractivity contribution is 7.92. The van der Waals surface area contributed by atoms with E-state index in [0.717, 1.165) is 18.2 Å². The van der Waals surface area contributed by atoms with Gasteiger partial charge in [-0.05, 0) is 42.5 Å². The Morgan fingerprint density at radius 2 is 1.74 bits per heavy atom. The molecule has 31 heavy (non-hydrogen) atoms. The van der Waals surface area contributed by atoms with Crippen LogP contribution < -0.4 is 4.72 Å². The highest BCUT2D eigenvalue weighted by Crippen LogP contribution is 2.38. The molecule has 0 aliphatic rings. The average molecular weight is 460 g/mol. The zero-order valence-corrected chi connectivity index (χ0v) is 17.3. The zero-order chi connectivity index (χ0) is 22.2. The molecule has 0 aliphatic heterocycles. The van der Waals surface area contributed by atoms with Crippen LogP contribution in [0.4, 0.5) is 10.1 Å². The van der Waals surface area contributed by atoms with Crippen molar-refractivity contribution < 1.29 is 23.0 Å². The summed E-state index contributed by atoms with van der Waals surface area (Å²) in [5.74, 6) is -1.66. The van der Waals surface area contributed by atoms with Crippen LogP contribution in [-0.4, -0.2) is 28.4 Å². The minimum absolute atomic E-state index is 0.0184. The number of sulfonamides is 1. The normalized spacial score (nSPS) is 11.4. The molecule has 0 saturated heterocycles. The van der Waals surface area contributed by atoms with Gasteiger partial charge < -0.3 is 10.2 Å². The predicted octanol–water partition coefficient (Wildman–Crippen LogP) is 4.54. The summed E-state index contributed by atoms with van der Waals surface area (Å²) in [6, 6.07) is 15.3. The van der Waals surface area contributed by atoms with Crippen molar-refractivity contribution >= 4 is 27.3 Å². The van der Waals surface area contributed by atoms with Crippen molar-refractivity contribution in [1.29, 1.82) is 0 Å². The van der Waals surface area contributed by atoms with E-state index in [9.17, 15) is 23.0 Å². The number of hydrogen-bond acceptors (Lipinski definition) is 5. The van der Waals surface area contributed by atoms with Gasteiger partial charge in [-0.2, -0.15) is 5.10 Å². The molecule has 4 rings (SSSR count). The third kappa shape index (κ3) is 4.05. The summed E-state index contributed by atoms with van der Waals surface area (Å²) in [5, 5.41) is 25.2. The van der Waals surface area contributed by atoms with E-state index in [0.29, 0.717) is 16.4 Å². The Kier molecular flexibility index (Phi) is 5.30. The van der Waals surface area contributed by atoms with E-state index in [1.807, 2.05) is 0 Å². The number of halogens is 2. The van der Waals surface area contributed by atoms with Crippen molar-refractivity contribution in [2.24, 2.45) is 0 Å². The highest BCUT2D eigenvalue weighted by atomic mass is 35.5. The molecule has 4 aromatic rings. The smallest absolute Gasteiger partial charge is 0.265 e. The summed E-state index contributed by atoms with van der Waals surface area (Å²) in [6.45, 7) is 0. The molecule has 0 fully saturated rings. The maximum absolute atomic E-state index is 13.4. The molecule has 3 N–H and O–H groups in total. The number of benzene rings is 3. The quantitative estimate of drug-likeness (QED) is 0.406. The second-order valence-electron chi connectivity index (χ2n) is 6.53. The van der Waals surface area contributed by atoms with E-state index in [1.54, 1.807) is 30.3 Å². The SMILES string of the molecule is O=S(=O)(Nc1cccc(F)c1)c1cc(-c2ccnn2-c2ccccc2Cl)c(O)cc1O. The van der Waals surface area contributed by atoms with Gasteiger partial charge in [0.15, 0.2) is 0 Å². The Morgan fingerprint density at radius 1 is 0.968 bits per heavy atom. The number of phenols is 2. The molecule has 158 valence electrons. The molecule has 0 bridgehead atoms. The van der Waals surface area contributed by atoms with Gasteiger partial charge in [-0.3, -0.25) is 4.72 Å². The number of nitrogens with zero attached hydrogens (tertiary/aromatic N) is 2.